The number of rotatable bonds is 1. The molecule has 0 aromatic heterocycles. The molecule has 3 unspecified atom stereocenters. The average molecular weight is 152 g/mol. The van der Waals surface area contributed by atoms with Gasteiger partial charge in [-0.05, 0) is 42.9 Å². The lowest BCUT2D eigenvalue weighted by atomic mass is 9.84. The predicted molar refractivity (Wildman–Crippen MR) is 48.4 cm³/mol. The third-order valence-corrected chi connectivity index (χ3v) is 3.99. The van der Waals surface area contributed by atoms with Crippen LogP contribution in [0.4, 0.5) is 0 Å². The number of hydrogen-bond acceptors (Lipinski definition) is 0. The van der Waals surface area contributed by atoms with Gasteiger partial charge in [-0.15, -0.1) is 0 Å². The molecule has 64 valence electrons. The SMILES string of the molecule is CC(C)C1CCC2CCCC21. The molecule has 3 atom stereocenters. The second-order valence-electron chi connectivity index (χ2n) is 4.84. The van der Waals surface area contributed by atoms with E-state index in [1.165, 1.54) is 12.8 Å². The Labute approximate surface area is 70.4 Å². The van der Waals surface area contributed by atoms with Gasteiger partial charge in [0.1, 0.15) is 0 Å². The Bertz CT molecular complexity index is 137. The van der Waals surface area contributed by atoms with Crippen molar-refractivity contribution in [1.82, 2.24) is 0 Å². The zero-order valence-corrected chi connectivity index (χ0v) is 7.84. The molecule has 2 rings (SSSR count). The first-order chi connectivity index (χ1) is 5.29. The van der Waals surface area contributed by atoms with Crippen molar-refractivity contribution in [3.05, 3.63) is 0 Å². The molecule has 11 heavy (non-hydrogen) atoms. The minimum atomic E-state index is 0.947. The topological polar surface area (TPSA) is 0 Å². The number of fused-ring (bicyclic) bond motifs is 1. The van der Waals surface area contributed by atoms with E-state index in [9.17, 15) is 0 Å². The zero-order chi connectivity index (χ0) is 7.84. The Morgan fingerprint density at radius 2 is 1.82 bits per heavy atom. The maximum atomic E-state index is 2.41. The van der Waals surface area contributed by atoms with Crippen molar-refractivity contribution in [3.8, 4) is 0 Å². The highest BCUT2D eigenvalue weighted by Crippen LogP contribution is 2.49. The van der Waals surface area contributed by atoms with Crippen LogP contribution in [0.25, 0.3) is 0 Å². The lowest BCUT2D eigenvalue weighted by Crippen LogP contribution is -2.14. The molecule has 2 aliphatic rings. The predicted octanol–water partition coefficient (Wildman–Crippen LogP) is 3.47. The van der Waals surface area contributed by atoms with Crippen LogP contribution >= 0.6 is 0 Å². The Hall–Kier alpha value is 0. The molecule has 2 aliphatic carbocycles. The summed E-state index contributed by atoms with van der Waals surface area (Å²) in [6, 6.07) is 0. The molecule has 0 aromatic rings. The van der Waals surface area contributed by atoms with Crippen LogP contribution in [0.3, 0.4) is 0 Å². The summed E-state index contributed by atoms with van der Waals surface area (Å²) in [5.74, 6) is 4.31. The molecule has 0 N–H and O–H groups in total. The summed E-state index contributed by atoms with van der Waals surface area (Å²) in [5.41, 5.74) is 0. The molecule has 2 saturated carbocycles. The lowest BCUT2D eigenvalue weighted by Gasteiger charge is -2.21. The van der Waals surface area contributed by atoms with Gasteiger partial charge >= 0.3 is 0 Å². The van der Waals surface area contributed by atoms with Gasteiger partial charge in [-0.2, -0.15) is 0 Å². The second-order valence-corrected chi connectivity index (χ2v) is 4.84. The molecule has 0 spiro atoms. The van der Waals surface area contributed by atoms with Crippen LogP contribution in [0, 0.1) is 23.7 Å². The van der Waals surface area contributed by atoms with Crippen LogP contribution in [0.15, 0.2) is 0 Å². The summed E-state index contributed by atoms with van der Waals surface area (Å²) in [6.07, 6.45) is 7.71. The first-order valence-corrected chi connectivity index (χ1v) is 5.29. The van der Waals surface area contributed by atoms with Crippen molar-refractivity contribution in [1.29, 1.82) is 0 Å². The third-order valence-electron chi connectivity index (χ3n) is 3.99. The molecule has 2 fully saturated rings. The highest BCUT2D eigenvalue weighted by molar-refractivity contribution is 4.90. The minimum Gasteiger partial charge on any atom is -0.0625 e. The fraction of sp³-hybridized carbons (Fsp3) is 1.00. The van der Waals surface area contributed by atoms with E-state index in [4.69, 9.17) is 0 Å². The molecule has 0 bridgehead atoms. The van der Waals surface area contributed by atoms with Crippen LogP contribution in [0.5, 0.6) is 0 Å². The molecule has 0 amide bonds. The van der Waals surface area contributed by atoms with Crippen molar-refractivity contribution >= 4 is 0 Å². The first-order valence-electron chi connectivity index (χ1n) is 5.29. The van der Waals surface area contributed by atoms with Gasteiger partial charge in [-0.3, -0.25) is 0 Å². The van der Waals surface area contributed by atoms with E-state index in [0.29, 0.717) is 0 Å². The fourth-order valence-corrected chi connectivity index (χ4v) is 3.44. The van der Waals surface area contributed by atoms with Gasteiger partial charge in [-0.25, -0.2) is 0 Å². The second kappa shape index (κ2) is 2.80. The van der Waals surface area contributed by atoms with Crippen LogP contribution in [-0.4, -0.2) is 0 Å². The van der Waals surface area contributed by atoms with Crippen molar-refractivity contribution in [3.63, 3.8) is 0 Å². The van der Waals surface area contributed by atoms with E-state index in [1.54, 1.807) is 19.3 Å². The maximum absolute atomic E-state index is 2.41. The Kier molecular flexibility index (Phi) is 1.95. The Balaban J connectivity index is 2.03. The summed E-state index contributed by atoms with van der Waals surface area (Å²) < 4.78 is 0. The van der Waals surface area contributed by atoms with E-state index in [1.807, 2.05) is 0 Å². The fourth-order valence-electron chi connectivity index (χ4n) is 3.44. The summed E-state index contributed by atoms with van der Waals surface area (Å²) in [5, 5.41) is 0. The largest absolute Gasteiger partial charge is 0.0625 e. The molecule has 0 saturated heterocycles. The van der Waals surface area contributed by atoms with Gasteiger partial charge in [0.15, 0.2) is 0 Å². The van der Waals surface area contributed by atoms with Crippen molar-refractivity contribution in [2.75, 3.05) is 0 Å². The van der Waals surface area contributed by atoms with Crippen LogP contribution in [0.1, 0.15) is 46.0 Å². The van der Waals surface area contributed by atoms with Crippen molar-refractivity contribution in [2.45, 2.75) is 46.0 Å². The van der Waals surface area contributed by atoms with E-state index in [2.05, 4.69) is 13.8 Å². The molecule has 0 aromatic carbocycles. The molecule has 0 heteroatoms. The molecule has 0 nitrogen and oxygen atoms in total. The van der Waals surface area contributed by atoms with Gasteiger partial charge in [0, 0.05) is 0 Å². The summed E-state index contributed by atoms with van der Waals surface area (Å²) >= 11 is 0. The lowest BCUT2D eigenvalue weighted by molar-refractivity contribution is 0.276. The molecule has 0 aliphatic heterocycles. The highest BCUT2D eigenvalue weighted by atomic mass is 14.4. The van der Waals surface area contributed by atoms with Gasteiger partial charge in [-0.1, -0.05) is 26.7 Å². The van der Waals surface area contributed by atoms with E-state index in [-0.39, 0.29) is 0 Å². The first kappa shape index (κ1) is 7.64. The van der Waals surface area contributed by atoms with Gasteiger partial charge in [0.25, 0.3) is 0 Å². The highest BCUT2D eigenvalue weighted by Gasteiger charge is 2.39. The van der Waals surface area contributed by atoms with E-state index in [0.717, 1.165) is 23.7 Å². The monoisotopic (exact) mass is 152 g/mol. The minimum absolute atomic E-state index is 0.947. The van der Waals surface area contributed by atoms with Crippen molar-refractivity contribution < 1.29 is 0 Å². The van der Waals surface area contributed by atoms with E-state index < -0.39 is 0 Å². The zero-order valence-electron chi connectivity index (χ0n) is 7.84. The summed E-state index contributed by atoms with van der Waals surface area (Å²) in [6.45, 7) is 4.82. The normalized spacial score (nSPS) is 43.4. The van der Waals surface area contributed by atoms with Crippen LogP contribution < -0.4 is 0 Å². The standard InChI is InChI=1S/C11H20/c1-8(2)10-7-6-9-4-3-5-11(9)10/h8-11H,3-7H2,1-2H3. The number of hydrogen-bond donors (Lipinski definition) is 0. The summed E-state index contributed by atoms with van der Waals surface area (Å²) in [4.78, 5) is 0. The third kappa shape index (κ3) is 1.21. The molecule has 0 heterocycles. The molecular formula is C11H20. The molecular weight excluding hydrogens is 132 g/mol. The quantitative estimate of drug-likeness (QED) is 0.539. The Morgan fingerprint density at radius 1 is 1.00 bits per heavy atom. The van der Waals surface area contributed by atoms with Gasteiger partial charge < -0.3 is 0 Å². The smallest absolute Gasteiger partial charge is 0.0355 e. The average Bonchev–Trinajstić information content (AvgIpc) is 2.41. The van der Waals surface area contributed by atoms with Gasteiger partial charge in [0.05, 0.1) is 0 Å². The summed E-state index contributed by atoms with van der Waals surface area (Å²) in [7, 11) is 0. The van der Waals surface area contributed by atoms with Crippen LogP contribution in [0.2, 0.25) is 0 Å². The molecule has 0 radical (unpaired) electrons. The van der Waals surface area contributed by atoms with E-state index >= 15 is 0 Å². The van der Waals surface area contributed by atoms with Crippen molar-refractivity contribution in [2.24, 2.45) is 23.7 Å². The Morgan fingerprint density at radius 3 is 2.55 bits per heavy atom. The van der Waals surface area contributed by atoms with Gasteiger partial charge in [0.2, 0.25) is 0 Å². The maximum Gasteiger partial charge on any atom is -0.0355 e. The van der Waals surface area contributed by atoms with Crippen LogP contribution in [-0.2, 0) is 0 Å².